The minimum Gasteiger partial charge on any atom is -0.316 e. The molecular formula is C11H17N3O2. The molecule has 16 heavy (non-hydrogen) atoms. The molecule has 2 N–H and O–H groups in total. The first-order valence-electron chi connectivity index (χ1n) is 5.74. The molecule has 1 aromatic rings. The molecule has 2 heterocycles. The Balaban J connectivity index is 2.12. The lowest BCUT2D eigenvalue weighted by molar-refractivity contribution is 0.309. The molecule has 0 amide bonds. The van der Waals surface area contributed by atoms with Crippen molar-refractivity contribution >= 4 is 0 Å². The van der Waals surface area contributed by atoms with Gasteiger partial charge in [-0.3, -0.25) is 9.78 Å². The van der Waals surface area contributed by atoms with Gasteiger partial charge in [0.2, 0.25) is 0 Å². The van der Waals surface area contributed by atoms with Gasteiger partial charge in [0.25, 0.3) is 5.56 Å². The highest BCUT2D eigenvalue weighted by Crippen LogP contribution is 2.08. The van der Waals surface area contributed by atoms with E-state index in [9.17, 15) is 9.59 Å². The van der Waals surface area contributed by atoms with Gasteiger partial charge in [-0.25, -0.2) is 4.79 Å². The molecule has 0 bridgehead atoms. The summed E-state index contributed by atoms with van der Waals surface area (Å²) in [5.74, 6) is 0.670. The molecule has 0 radical (unpaired) electrons. The van der Waals surface area contributed by atoms with E-state index >= 15 is 0 Å². The third-order valence-corrected chi connectivity index (χ3v) is 3.11. The summed E-state index contributed by atoms with van der Waals surface area (Å²) in [7, 11) is 0. The molecule has 0 saturated carbocycles. The van der Waals surface area contributed by atoms with E-state index < -0.39 is 0 Å². The topological polar surface area (TPSA) is 66.9 Å². The van der Waals surface area contributed by atoms with E-state index in [-0.39, 0.29) is 11.2 Å². The number of nitrogens with one attached hydrogen (secondary N) is 2. The number of nitrogens with zero attached hydrogens (tertiary/aromatic N) is 1. The van der Waals surface area contributed by atoms with E-state index in [1.54, 1.807) is 10.8 Å². The third-order valence-electron chi connectivity index (χ3n) is 3.11. The van der Waals surface area contributed by atoms with Crippen LogP contribution in [0.3, 0.4) is 0 Å². The van der Waals surface area contributed by atoms with Crippen LogP contribution in [-0.2, 0) is 13.0 Å². The second-order valence-electron chi connectivity index (χ2n) is 4.27. The van der Waals surface area contributed by atoms with Crippen molar-refractivity contribution in [3.63, 3.8) is 0 Å². The highest BCUT2D eigenvalue weighted by atomic mass is 16.2. The zero-order chi connectivity index (χ0) is 11.5. The number of rotatable bonds is 4. The first-order valence-corrected chi connectivity index (χ1v) is 5.74. The monoisotopic (exact) mass is 223 g/mol. The lowest BCUT2D eigenvalue weighted by atomic mass is 9.99. The largest absolute Gasteiger partial charge is 0.328 e. The maximum Gasteiger partial charge on any atom is 0.328 e. The second kappa shape index (κ2) is 4.65. The van der Waals surface area contributed by atoms with Crippen molar-refractivity contribution in [1.29, 1.82) is 0 Å². The highest BCUT2D eigenvalue weighted by molar-refractivity contribution is 5.03. The van der Waals surface area contributed by atoms with Crippen molar-refractivity contribution in [3.8, 4) is 0 Å². The van der Waals surface area contributed by atoms with Crippen LogP contribution in [0.4, 0.5) is 0 Å². The molecule has 88 valence electrons. The van der Waals surface area contributed by atoms with Crippen LogP contribution in [0.5, 0.6) is 0 Å². The molecule has 2 rings (SSSR count). The highest BCUT2D eigenvalue weighted by Gasteiger charge is 2.16. The lowest BCUT2D eigenvalue weighted by Gasteiger charge is -2.27. The van der Waals surface area contributed by atoms with E-state index in [4.69, 9.17) is 0 Å². The van der Waals surface area contributed by atoms with Crippen LogP contribution < -0.4 is 16.6 Å². The summed E-state index contributed by atoms with van der Waals surface area (Å²) < 4.78 is 1.61. The van der Waals surface area contributed by atoms with Gasteiger partial charge in [0.1, 0.15) is 0 Å². The molecule has 1 fully saturated rings. The fraction of sp³-hybridized carbons (Fsp3) is 0.636. The number of hydrogen-bond acceptors (Lipinski definition) is 3. The Kier molecular flexibility index (Phi) is 3.24. The Morgan fingerprint density at radius 3 is 2.75 bits per heavy atom. The maximum absolute atomic E-state index is 11.5. The van der Waals surface area contributed by atoms with Gasteiger partial charge in [0.05, 0.1) is 0 Å². The molecule has 1 aromatic heterocycles. The van der Waals surface area contributed by atoms with E-state index in [1.807, 2.05) is 6.92 Å². The summed E-state index contributed by atoms with van der Waals surface area (Å²) in [6.45, 7) is 4.68. The van der Waals surface area contributed by atoms with E-state index in [0.717, 1.165) is 19.5 Å². The first-order chi connectivity index (χ1) is 7.70. The molecule has 0 aliphatic carbocycles. The number of aromatic nitrogens is 2. The summed E-state index contributed by atoms with van der Waals surface area (Å²) in [5, 5.41) is 3.20. The van der Waals surface area contributed by atoms with Crippen molar-refractivity contribution < 1.29 is 0 Å². The maximum atomic E-state index is 11.5. The Hall–Kier alpha value is -1.36. The average Bonchev–Trinajstić information content (AvgIpc) is 2.18. The minimum absolute atomic E-state index is 0.255. The third kappa shape index (κ3) is 2.24. The van der Waals surface area contributed by atoms with Crippen LogP contribution in [0.25, 0.3) is 0 Å². The van der Waals surface area contributed by atoms with Gasteiger partial charge < -0.3 is 9.88 Å². The zero-order valence-corrected chi connectivity index (χ0v) is 9.45. The first kappa shape index (κ1) is 11.1. The van der Waals surface area contributed by atoms with Gasteiger partial charge >= 0.3 is 5.69 Å². The molecule has 0 atom stereocenters. The average molecular weight is 223 g/mol. The van der Waals surface area contributed by atoms with Crippen molar-refractivity contribution in [2.45, 2.75) is 26.3 Å². The summed E-state index contributed by atoms with van der Waals surface area (Å²) in [6.07, 6.45) is 3.33. The number of aromatic amines is 1. The van der Waals surface area contributed by atoms with Gasteiger partial charge in [-0.1, -0.05) is 6.92 Å². The molecule has 0 spiro atoms. The smallest absolute Gasteiger partial charge is 0.316 e. The van der Waals surface area contributed by atoms with Gasteiger partial charge in [0.15, 0.2) is 0 Å². The van der Waals surface area contributed by atoms with Crippen molar-refractivity contribution in [1.82, 2.24) is 14.9 Å². The molecule has 1 aliphatic rings. The van der Waals surface area contributed by atoms with Crippen LogP contribution in [-0.4, -0.2) is 22.6 Å². The fourth-order valence-electron chi connectivity index (χ4n) is 1.85. The number of hydrogen-bond donors (Lipinski definition) is 2. The van der Waals surface area contributed by atoms with Crippen LogP contribution in [0.1, 0.15) is 18.9 Å². The van der Waals surface area contributed by atoms with Crippen LogP contribution in [0.15, 0.2) is 15.8 Å². The normalized spacial score (nSPS) is 16.1. The van der Waals surface area contributed by atoms with E-state index in [2.05, 4.69) is 10.3 Å². The Morgan fingerprint density at radius 1 is 1.44 bits per heavy atom. The Morgan fingerprint density at radius 2 is 2.19 bits per heavy atom. The molecule has 0 aromatic carbocycles. The minimum atomic E-state index is -0.297. The summed E-state index contributed by atoms with van der Waals surface area (Å²) in [6, 6.07) is 0. The van der Waals surface area contributed by atoms with Crippen LogP contribution in [0, 0.1) is 5.92 Å². The van der Waals surface area contributed by atoms with Crippen LogP contribution >= 0.6 is 0 Å². The predicted molar refractivity (Wildman–Crippen MR) is 61.7 cm³/mol. The fourth-order valence-corrected chi connectivity index (χ4v) is 1.85. The second-order valence-corrected chi connectivity index (χ2v) is 4.27. The van der Waals surface area contributed by atoms with Gasteiger partial charge in [0, 0.05) is 18.3 Å². The Bertz CT molecular complexity index is 471. The van der Waals surface area contributed by atoms with Crippen molar-refractivity contribution in [3.05, 3.63) is 32.6 Å². The molecule has 5 nitrogen and oxygen atoms in total. The molecule has 1 aliphatic heterocycles. The van der Waals surface area contributed by atoms with Crippen LogP contribution in [0.2, 0.25) is 0 Å². The Labute approximate surface area is 93.5 Å². The SMILES string of the molecule is CCc1cn(CCC2CNC2)c(=O)[nH]c1=O. The summed E-state index contributed by atoms with van der Waals surface area (Å²) >= 11 is 0. The van der Waals surface area contributed by atoms with Crippen molar-refractivity contribution in [2.75, 3.05) is 13.1 Å². The summed E-state index contributed by atoms with van der Waals surface area (Å²) in [5.41, 5.74) is 0.120. The van der Waals surface area contributed by atoms with Gasteiger partial charge in [-0.15, -0.1) is 0 Å². The molecule has 5 heteroatoms. The molecule has 1 saturated heterocycles. The standard InChI is InChI=1S/C11H17N3O2/c1-2-9-7-14(11(16)13-10(9)15)4-3-8-5-12-6-8/h7-8,12H,2-6H2,1H3,(H,13,15,16). The van der Waals surface area contributed by atoms with E-state index in [1.165, 1.54) is 0 Å². The quantitative estimate of drug-likeness (QED) is 0.737. The number of H-pyrrole nitrogens is 1. The van der Waals surface area contributed by atoms with Crippen molar-refractivity contribution in [2.24, 2.45) is 5.92 Å². The van der Waals surface area contributed by atoms with Gasteiger partial charge in [-0.05, 0) is 31.8 Å². The molecular weight excluding hydrogens is 206 g/mol. The molecule has 0 unspecified atom stereocenters. The summed E-state index contributed by atoms with van der Waals surface area (Å²) in [4.78, 5) is 25.2. The van der Waals surface area contributed by atoms with E-state index in [0.29, 0.717) is 24.4 Å². The van der Waals surface area contributed by atoms with Gasteiger partial charge in [-0.2, -0.15) is 0 Å². The number of aryl methyl sites for hydroxylation is 2. The predicted octanol–water partition coefficient (Wildman–Crippen LogP) is -0.291. The zero-order valence-electron chi connectivity index (χ0n) is 9.45. The lowest BCUT2D eigenvalue weighted by Crippen LogP contribution is -2.43.